The second-order valence-corrected chi connectivity index (χ2v) is 8.20. The van der Waals surface area contributed by atoms with Crippen molar-refractivity contribution in [2.45, 2.75) is 0 Å². The largest absolute Gasteiger partial charge is 0.495 e. The predicted molar refractivity (Wildman–Crippen MR) is 122 cm³/mol. The van der Waals surface area contributed by atoms with E-state index in [1.807, 2.05) is 41.3 Å². The predicted octanol–water partition coefficient (Wildman–Crippen LogP) is 4.33. The van der Waals surface area contributed by atoms with Gasteiger partial charge in [0.15, 0.2) is 5.13 Å². The standard InChI is InChI=1S/C22H22ClN3O3S/c1-28-17-8-9-18(29-2)21-20(17)24-22(30-21)26-13-11-25(12-14-26)19(27)10-7-15-5-3-4-6-16(15)23/h3-10H,11-14H2,1-2H3/b10-7+. The van der Waals surface area contributed by atoms with Gasteiger partial charge in [0, 0.05) is 37.3 Å². The van der Waals surface area contributed by atoms with Crippen LogP contribution in [0.25, 0.3) is 16.3 Å². The topological polar surface area (TPSA) is 54.9 Å². The average molecular weight is 444 g/mol. The Kier molecular flexibility index (Phi) is 6.11. The third kappa shape index (κ3) is 4.08. The normalized spacial score (nSPS) is 14.5. The number of nitrogens with zero attached hydrogens (tertiary/aromatic N) is 3. The van der Waals surface area contributed by atoms with Crippen molar-refractivity contribution in [2.75, 3.05) is 45.3 Å². The zero-order chi connectivity index (χ0) is 21.1. The number of anilines is 1. The summed E-state index contributed by atoms with van der Waals surface area (Å²) in [5.74, 6) is 1.50. The number of halogens is 1. The van der Waals surface area contributed by atoms with Crippen LogP contribution in [0.5, 0.6) is 11.5 Å². The number of thiazole rings is 1. The molecule has 0 unspecified atom stereocenters. The summed E-state index contributed by atoms with van der Waals surface area (Å²) in [6, 6.07) is 11.2. The van der Waals surface area contributed by atoms with Crippen LogP contribution in [-0.4, -0.2) is 56.2 Å². The first-order valence-corrected chi connectivity index (χ1v) is 10.8. The van der Waals surface area contributed by atoms with Crippen molar-refractivity contribution >= 4 is 50.3 Å². The Bertz CT molecular complexity index is 1050. The van der Waals surface area contributed by atoms with Crippen LogP contribution in [-0.2, 0) is 4.79 Å². The number of ether oxygens (including phenoxy) is 2. The molecule has 0 N–H and O–H groups in total. The Hall–Kier alpha value is -2.77. The molecule has 30 heavy (non-hydrogen) atoms. The summed E-state index contributed by atoms with van der Waals surface area (Å²) in [6.07, 6.45) is 3.35. The molecule has 0 atom stereocenters. The number of aromatic nitrogens is 1. The van der Waals surface area contributed by atoms with Crippen LogP contribution in [0.3, 0.4) is 0 Å². The maximum absolute atomic E-state index is 12.6. The first-order chi connectivity index (χ1) is 14.6. The van der Waals surface area contributed by atoms with E-state index >= 15 is 0 Å². The zero-order valence-electron chi connectivity index (χ0n) is 16.8. The SMILES string of the molecule is COc1ccc(OC)c2sc(N3CCN(C(=O)/C=C/c4ccccc4Cl)CC3)nc12. The maximum atomic E-state index is 12.6. The molecule has 0 saturated carbocycles. The number of rotatable bonds is 5. The van der Waals surface area contributed by atoms with Gasteiger partial charge in [-0.3, -0.25) is 4.79 Å². The molecule has 0 aliphatic carbocycles. The Morgan fingerprint density at radius 2 is 1.77 bits per heavy atom. The molecule has 1 fully saturated rings. The molecule has 2 heterocycles. The summed E-state index contributed by atoms with van der Waals surface area (Å²) in [6.45, 7) is 2.71. The molecule has 1 aliphatic heterocycles. The molecule has 156 valence electrons. The minimum atomic E-state index is -0.0118. The number of hydrogen-bond acceptors (Lipinski definition) is 6. The van der Waals surface area contributed by atoms with Crippen molar-refractivity contribution in [1.29, 1.82) is 0 Å². The van der Waals surface area contributed by atoms with Gasteiger partial charge in [0.25, 0.3) is 0 Å². The summed E-state index contributed by atoms with van der Waals surface area (Å²) >= 11 is 7.73. The second-order valence-electron chi connectivity index (χ2n) is 6.81. The Labute approximate surface area is 184 Å². The number of carbonyl (C=O) groups is 1. The van der Waals surface area contributed by atoms with Gasteiger partial charge in [0.2, 0.25) is 5.91 Å². The summed E-state index contributed by atoms with van der Waals surface area (Å²) in [5, 5.41) is 1.54. The number of methoxy groups -OCH3 is 2. The molecule has 2 aromatic carbocycles. The summed E-state index contributed by atoms with van der Waals surface area (Å²) < 4.78 is 11.9. The fraction of sp³-hybridized carbons (Fsp3) is 0.273. The molecule has 0 bridgehead atoms. The van der Waals surface area contributed by atoms with E-state index in [1.54, 1.807) is 37.7 Å². The lowest BCUT2D eigenvalue weighted by molar-refractivity contribution is -0.126. The number of benzene rings is 2. The molecule has 0 spiro atoms. The lowest BCUT2D eigenvalue weighted by Gasteiger charge is -2.34. The Balaban J connectivity index is 1.44. The van der Waals surface area contributed by atoms with Gasteiger partial charge in [0.05, 0.1) is 14.2 Å². The number of fused-ring (bicyclic) bond motifs is 1. The third-order valence-corrected chi connectivity index (χ3v) is 6.55. The van der Waals surface area contributed by atoms with Gasteiger partial charge in [-0.15, -0.1) is 0 Å². The minimum absolute atomic E-state index is 0.0118. The highest BCUT2D eigenvalue weighted by atomic mass is 35.5. The van der Waals surface area contributed by atoms with E-state index in [4.69, 9.17) is 26.1 Å². The van der Waals surface area contributed by atoms with Crippen LogP contribution in [0, 0.1) is 0 Å². The fourth-order valence-electron chi connectivity index (χ4n) is 3.40. The van der Waals surface area contributed by atoms with Crippen LogP contribution in [0.4, 0.5) is 5.13 Å². The van der Waals surface area contributed by atoms with Gasteiger partial charge >= 0.3 is 0 Å². The second kappa shape index (κ2) is 8.93. The van der Waals surface area contributed by atoms with E-state index < -0.39 is 0 Å². The number of hydrogen-bond donors (Lipinski definition) is 0. The zero-order valence-corrected chi connectivity index (χ0v) is 18.4. The molecule has 1 aromatic heterocycles. The summed E-state index contributed by atoms with van der Waals surface area (Å²) in [5.41, 5.74) is 1.64. The van der Waals surface area contributed by atoms with Crippen molar-refractivity contribution in [1.82, 2.24) is 9.88 Å². The van der Waals surface area contributed by atoms with Crippen molar-refractivity contribution in [3.8, 4) is 11.5 Å². The first kappa shape index (κ1) is 20.5. The molecule has 1 saturated heterocycles. The van der Waals surface area contributed by atoms with E-state index in [2.05, 4.69) is 4.90 Å². The lowest BCUT2D eigenvalue weighted by atomic mass is 10.2. The van der Waals surface area contributed by atoms with Crippen LogP contribution >= 0.6 is 22.9 Å². The highest BCUT2D eigenvalue weighted by Gasteiger charge is 2.23. The van der Waals surface area contributed by atoms with Crippen molar-refractivity contribution < 1.29 is 14.3 Å². The minimum Gasteiger partial charge on any atom is -0.495 e. The first-order valence-electron chi connectivity index (χ1n) is 9.58. The smallest absolute Gasteiger partial charge is 0.246 e. The van der Waals surface area contributed by atoms with Crippen molar-refractivity contribution in [3.63, 3.8) is 0 Å². The van der Waals surface area contributed by atoms with E-state index in [-0.39, 0.29) is 5.91 Å². The van der Waals surface area contributed by atoms with E-state index in [9.17, 15) is 4.79 Å². The molecule has 6 nitrogen and oxygen atoms in total. The molecular formula is C22H22ClN3O3S. The van der Waals surface area contributed by atoms with E-state index in [1.165, 1.54) is 0 Å². The molecule has 3 aromatic rings. The van der Waals surface area contributed by atoms with Gasteiger partial charge in [0.1, 0.15) is 21.7 Å². The molecule has 4 rings (SSSR count). The number of piperazine rings is 1. The third-order valence-electron chi connectivity index (χ3n) is 5.07. The molecule has 1 aliphatic rings. The summed E-state index contributed by atoms with van der Waals surface area (Å²) in [7, 11) is 3.29. The Morgan fingerprint density at radius 3 is 2.47 bits per heavy atom. The monoisotopic (exact) mass is 443 g/mol. The van der Waals surface area contributed by atoms with Crippen LogP contribution in [0.2, 0.25) is 5.02 Å². The molecule has 0 radical (unpaired) electrons. The molecular weight excluding hydrogens is 422 g/mol. The molecule has 1 amide bonds. The van der Waals surface area contributed by atoms with Gasteiger partial charge < -0.3 is 19.3 Å². The fourth-order valence-corrected chi connectivity index (χ4v) is 4.73. The van der Waals surface area contributed by atoms with Crippen LogP contribution < -0.4 is 14.4 Å². The lowest BCUT2D eigenvalue weighted by Crippen LogP contribution is -2.48. The maximum Gasteiger partial charge on any atom is 0.246 e. The van der Waals surface area contributed by atoms with Crippen LogP contribution in [0.15, 0.2) is 42.5 Å². The van der Waals surface area contributed by atoms with Crippen LogP contribution in [0.1, 0.15) is 5.56 Å². The quantitative estimate of drug-likeness (QED) is 0.549. The van der Waals surface area contributed by atoms with Crippen molar-refractivity contribution in [2.24, 2.45) is 0 Å². The number of carbonyl (C=O) groups excluding carboxylic acids is 1. The van der Waals surface area contributed by atoms with E-state index in [0.29, 0.717) is 18.1 Å². The van der Waals surface area contributed by atoms with Gasteiger partial charge in [-0.25, -0.2) is 4.98 Å². The van der Waals surface area contributed by atoms with Crippen molar-refractivity contribution in [3.05, 3.63) is 53.1 Å². The van der Waals surface area contributed by atoms with Gasteiger partial charge in [-0.05, 0) is 29.8 Å². The Morgan fingerprint density at radius 1 is 1.07 bits per heavy atom. The number of amides is 1. The highest BCUT2D eigenvalue weighted by Crippen LogP contribution is 2.40. The summed E-state index contributed by atoms with van der Waals surface area (Å²) in [4.78, 5) is 21.4. The van der Waals surface area contributed by atoms with Gasteiger partial charge in [-0.2, -0.15) is 0 Å². The molecule has 8 heteroatoms. The van der Waals surface area contributed by atoms with Gasteiger partial charge in [-0.1, -0.05) is 41.1 Å². The average Bonchev–Trinajstić information content (AvgIpc) is 3.23. The highest BCUT2D eigenvalue weighted by molar-refractivity contribution is 7.22. The van der Waals surface area contributed by atoms with E-state index in [0.717, 1.165) is 45.5 Å².